The molecule has 0 spiro atoms. The van der Waals surface area contributed by atoms with Gasteiger partial charge in [0.05, 0.1) is 10.6 Å². The zero-order valence-electron chi connectivity index (χ0n) is 10.8. The summed E-state index contributed by atoms with van der Waals surface area (Å²) in [5.74, 6) is -0.295. The number of rotatable bonds is 2. The van der Waals surface area contributed by atoms with E-state index in [1.165, 1.54) is 0 Å². The third kappa shape index (κ3) is 2.71. The number of nitrogen functional groups attached to an aromatic ring is 1. The number of amides is 1. The minimum atomic E-state index is -0.295. The van der Waals surface area contributed by atoms with E-state index in [0.717, 1.165) is 16.8 Å². The number of carbonyl (C=O) groups excluding carboxylic acids is 1. The van der Waals surface area contributed by atoms with Gasteiger partial charge in [0.1, 0.15) is 0 Å². The average Bonchev–Trinajstić information content (AvgIpc) is 2.35. The number of hydrogen-bond acceptors (Lipinski definition) is 2. The summed E-state index contributed by atoms with van der Waals surface area (Å²) in [6.07, 6.45) is 0. The smallest absolute Gasteiger partial charge is 0.259 e. The molecule has 0 saturated heterocycles. The molecular formula is C15H15ClN2O. The van der Waals surface area contributed by atoms with E-state index < -0.39 is 0 Å². The number of benzene rings is 2. The van der Waals surface area contributed by atoms with E-state index >= 15 is 0 Å². The molecule has 0 aliphatic heterocycles. The minimum Gasteiger partial charge on any atom is -0.398 e. The summed E-state index contributed by atoms with van der Waals surface area (Å²) < 4.78 is 0. The molecule has 2 aromatic rings. The van der Waals surface area contributed by atoms with Crippen LogP contribution >= 0.6 is 11.6 Å². The molecule has 98 valence electrons. The highest BCUT2D eigenvalue weighted by molar-refractivity contribution is 6.35. The van der Waals surface area contributed by atoms with Crippen molar-refractivity contribution in [3.63, 3.8) is 0 Å². The maximum absolute atomic E-state index is 12.2. The van der Waals surface area contributed by atoms with Crippen LogP contribution in [-0.2, 0) is 0 Å². The fourth-order valence-electron chi connectivity index (χ4n) is 1.85. The molecule has 4 heteroatoms. The number of nitrogens with two attached hydrogens (primary N) is 1. The van der Waals surface area contributed by atoms with Crippen LogP contribution in [0.5, 0.6) is 0 Å². The van der Waals surface area contributed by atoms with E-state index in [-0.39, 0.29) is 5.91 Å². The Bertz CT molecular complexity index is 618. The van der Waals surface area contributed by atoms with Gasteiger partial charge in [-0.25, -0.2) is 0 Å². The lowest BCUT2D eigenvalue weighted by Crippen LogP contribution is -2.15. The number of nitrogens with one attached hydrogen (secondary N) is 1. The second-order valence-electron chi connectivity index (χ2n) is 4.41. The molecular weight excluding hydrogens is 260 g/mol. The SMILES string of the molecule is Cc1cccc(NC(=O)c2c(N)cccc2Cl)c1C. The van der Waals surface area contributed by atoms with Gasteiger partial charge in [0.2, 0.25) is 0 Å². The Hall–Kier alpha value is -2.00. The van der Waals surface area contributed by atoms with Crippen LogP contribution in [0.3, 0.4) is 0 Å². The molecule has 2 rings (SSSR count). The van der Waals surface area contributed by atoms with Crippen molar-refractivity contribution in [3.8, 4) is 0 Å². The van der Waals surface area contributed by atoms with E-state index in [2.05, 4.69) is 5.32 Å². The number of carbonyl (C=O) groups is 1. The number of hydrogen-bond donors (Lipinski definition) is 2. The molecule has 0 unspecified atom stereocenters. The van der Waals surface area contributed by atoms with Crippen molar-refractivity contribution in [2.24, 2.45) is 0 Å². The first-order valence-electron chi connectivity index (χ1n) is 5.92. The van der Waals surface area contributed by atoms with Gasteiger partial charge in [-0.05, 0) is 43.2 Å². The highest BCUT2D eigenvalue weighted by Crippen LogP contribution is 2.24. The Morgan fingerprint density at radius 3 is 2.53 bits per heavy atom. The van der Waals surface area contributed by atoms with Crippen LogP contribution in [0.25, 0.3) is 0 Å². The van der Waals surface area contributed by atoms with Crippen molar-refractivity contribution in [1.29, 1.82) is 0 Å². The van der Waals surface area contributed by atoms with Crippen LogP contribution in [0.2, 0.25) is 5.02 Å². The molecule has 0 saturated carbocycles. The predicted molar refractivity (Wildman–Crippen MR) is 79.7 cm³/mol. The van der Waals surface area contributed by atoms with E-state index in [1.807, 2.05) is 32.0 Å². The van der Waals surface area contributed by atoms with Crippen molar-refractivity contribution in [3.05, 3.63) is 58.1 Å². The monoisotopic (exact) mass is 274 g/mol. The van der Waals surface area contributed by atoms with Gasteiger partial charge in [-0.2, -0.15) is 0 Å². The summed E-state index contributed by atoms with van der Waals surface area (Å²) in [7, 11) is 0. The first-order chi connectivity index (χ1) is 9.00. The van der Waals surface area contributed by atoms with Gasteiger partial charge in [0.15, 0.2) is 0 Å². The summed E-state index contributed by atoms with van der Waals surface area (Å²) >= 11 is 6.02. The average molecular weight is 275 g/mol. The molecule has 3 nitrogen and oxygen atoms in total. The van der Waals surface area contributed by atoms with Crippen LogP contribution in [0.4, 0.5) is 11.4 Å². The van der Waals surface area contributed by atoms with Crippen molar-refractivity contribution < 1.29 is 4.79 Å². The Labute approximate surface area is 117 Å². The highest BCUT2D eigenvalue weighted by Gasteiger charge is 2.14. The third-order valence-corrected chi connectivity index (χ3v) is 3.44. The Kier molecular flexibility index (Phi) is 3.76. The fraction of sp³-hybridized carbons (Fsp3) is 0.133. The second-order valence-corrected chi connectivity index (χ2v) is 4.81. The van der Waals surface area contributed by atoms with Crippen LogP contribution in [-0.4, -0.2) is 5.91 Å². The van der Waals surface area contributed by atoms with Gasteiger partial charge in [-0.15, -0.1) is 0 Å². The van der Waals surface area contributed by atoms with Gasteiger partial charge >= 0.3 is 0 Å². The summed E-state index contributed by atoms with van der Waals surface area (Å²) in [6.45, 7) is 3.95. The molecule has 0 radical (unpaired) electrons. The molecule has 2 aromatic carbocycles. The van der Waals surface area contributed by atoms with Crippen LogP contribution < -0.4 is 11.1 Å². The predicted octanol–water partition coefficient (Wildman–Crippen LogP) is 3.79. The Morgan fingerprint density at radius 1 is 1.16 bits per heavy atom. The molecule has 0 aromatic heterocycles. The molecule has 3 N–H and O–H groups in total. The molecule has 0 atom stereocenters. The highest BCUT2D eigenvalue weighted by atomic mass is 35.5. The molecule has 19 heavy (non-hydrogen) atoms. The summed E-state index contributed by atoms with van der Waals surface area (Å²) in [5, 5.41) is 3.20. The minimum absolute atomic E-state index is 0.295. The molecule has 0 bridgehead atoms. The second kappa shape index (κ2) is 5.33. The van der Waals surface area contributed by atoms with Crippen molar-refractivity contribution in [2.45, 2.75) is 13.8 Å². The molecule has 0 aliphatic carbocycles. The van der Waals surface area contributed by atoms with E-state index in [4.69, 9.17) is 17.3 Å². The van der Waals surface area contributed by atoms with Crippen molar-refractivity contribution in [2.75, 3.05) is 11.1 Å². The third-order valence-electron chi connectivity index (χ3n) is 3.13. The number of anilines is 2. The maximum Gasteiger partial charge on any atom is 0.259 e. The lowest BCUT2D eigenvalue weighted by molar-refractivity contribution is 0.102. The van der Waals surface area contributed by atoms with Crippen LogP contribution in [0.15, 0.2) is 36.4 Å². The molecule has 0 heterocycles. The van der Waals surface area contributed by atoms with E-state index in [0.29, 0.717) is 16.3 Å². The number of halogens is 1. The maximum atomic E-state index is 12.2. The van der Waals surface area contributed by atoms with Gasteiger partial charge < -0.3 is 11.1 Å². The summed E-state index contributed by atoms with van der Waals surface area (Å²) in [5.41, 5.74) is 9.39. The summed E-state index contributed by atoms with van der Waals surface area (Å²) in [6, 6.07) is 10.8. The first-order valence-corrected chi connectivity index (χ1v) is 6.30. The van der Waals surface area contributed by atoms with E-state index in [1.54, 1.807) is 18.2 Å². The molecule has 0 aliphatic rings. The quantitative estimate of drug-likeness (QED) is 0.819. The summed E-state index contributed by atoms with van der Waals surface area (Å²) in [4.78, 5) is 12.2. The van der Waals surface area contributed by atoms with Crippen LogP contribution in [0.1, 0.15) is 21.5 Å². The van der Waals surface area contributed by atoms with Gasteiger partial charge in [-0.3, -0.25) is 4.79 Å². The normalized spacial score (nSPS) is 10.3. The topological polar surface area (TPSA) is 55.1 Å². The van der Waals surface area contributed by atoms with Crippen LogP contribution in [0, 0.1) is 13.8 Å². The largest absolute Gasteiger partial charge is 0.398 e. The van der Waals surface area contributed by atoms with Crippen molar-refractivity contribution >= 4 is 28.9 Å². The first kappa shape index (κ1) is 13.4. The Balaban J connectivity index is 2.34. The lowest BCUT2D eigenvalue weighted by atomic mass is 10.1. The zero-order chi connectivity index (χ0) is 14.0. The van der Waals surface area contributed by atoms with Gasteiger partial charge in [0.25, 0.3) is 5.91 Å². The Morgan fingerprint density at radius 2 is 1.84 bits per heavy atom. The lowest BCUT2D eigenvalue weighted by Gasteiger charge is -2.12. The number of aryl methyl sites for hydroxylation is 1. The fourth-order valence-corrected chi connectivity index (χ4v) is 2.12. The molecule has 1 amide bonds. The molecule has 0 fully saturated rings. The van der Waals surface area contributed by atoms with E-state index in [9.17, 15) is 4.79 Å². The van der Waals surface area contributed by atoms with Gasteiger partial charge in [-0.1, -0.05) is 29.8 Å². The van der Waals surface area contributed by atoms with Crippen molar-refractivity contribution in [1.82, 2.24) is 0 Å². The van der Waals surface area contributed by atoms with Gasteiger partial charge in [0, 0.05) is 11.4 Å². The zero-order valence-corrected chi connectivity index (χ0v) is 11.6. The standard InChI is InChI=1S/C15H15ClN2O/c1-9-5-3-8-13(10(9)2)18-15(19)14-11(16)6-4-7-12(14)17/h3-8H,17H2,1-2H3,(H,18,19).